The zero-order valence-electron chi connectivity index (χ0n) is 28.2. The monoisotopic (exact) mass is 732 g/mol. The van der Waals surface area contributed by atoms with Gasteiger partial charge in [-0.15, -0.1) is 0 Å². The SMILES string of the molecule is CN(c1ccccc1Nc1nc(Nc2ccc(N3CC4(CN(CCc5ccc(C6CCC(=O)NC6=O)cc5)C4)C3)c(F)c2)ncc1Cl)S(C)(=O)=O. The zero-order valence-corrected chi connectivity index (χ0v) is 29.8. The number of imide groups is 1. The molecule has 3 aliphatic heterocycles. The number of nitrogens with one attached hydrogen (secondary N) is 3. The molecular formula is C36H38ClFN8O4S. The van der Waals surface area contributed by atoms with Crippen LogP contribution < -0.4 is 25.2 Å². The number of carbonyl (C=O) groups is 2. The molecule has 1 aromatic heterocycles. The Morgan fingerprint density at radius 1 is 1.04 bits per heavy atom. The molecule has 3 aliphatic rings. The number of sulfonamides is 1. The van der Waals surface area contributed by atoms with Crippen LogP contribution in [-0.2, 0) is 26.0 Å². The van der Waals surface area contributed by atoms with E-state index in [1.807, 2.05) is 12.1 Å². The topological polar surface area (TPSA) is 140 Å². The minimum absolute atomic E-state index is 0.175. The van der Waals surface area contributed by atoms with Crippen LogP contribution in [0.15, 0.2) is 72.9 Å². The van der Waals surface area contributed by atoms with Crippen LogP contribution in [0.3, 0.4) is 0 Å². The first-order chi connectivity index (χ1) is 24.4. The molecule has 15 heteroatoms. The lowest BCUT2D eigenvalue weighted by molar-refractivity contribution is -0.134. The number of aromatic nitrogens is 2. The van der Waals surface area contributed by atoms with Gasteiger partial charge >= 0.3 is 0 Å². The van der Waals surface area contributed by atoms with Gasteiger partial charge in [0, 0.05) is 57.3 Å². The zero-order chi connectivity index (χ0) is 35.9. The summed E-state index contributed by atoms with van der Waals surface area (Å²) >= 11 is 6.37. The molecule has 3 N–H and O–H groups in total. The molecule has 4 heterocycles. The molecule has 3 fully saturated rings. The summed E-state index contributed by atoms with van der Waals surface area (Å²) in [7, 11) is -2.05. The van der Waals surface area contributed by atoms with E-state index >= 15 is 4.39 Å². The van der Waals surface area contributed by atoms with Crippen LogP contribution in [0.5, 0.6) is 0 Å². The minimum atomic E-state index is -3.51. The number of halogens is 2. The molecule has 0 bridgehead atoms. The molecule has 0 radical (unpaired) electrons. The molecule has 3 saturated heterocycles. The van der Waals surface area contributed by atoms with Crippen molar-refractivity contribution in [2.75, 3.05) is 65.9 Å². The molecule has 1 spiro atoms. The van der Waals surface area contributed by atoms with Crippen molar-refractivity contribution in [2.45, 2.75) is 25.2 Å². The van der Waals surface area contributed by atoms with Crippen molar-refractivity contribution in [1.82, 2.24) is 20.2 Å². The second kappa shape index (κ2) is 13.7. The van der Waals surface area contributed by atoms with Crippen LogP contribution >= 0.6 is 11.6 Å². The highest BCUT2D eigenvalue weighted by Crippen LogP contribution is 2.43. The maximum Gasteiger partial charge on any atom is 0.234 e. The van der Waals surface area contributed by atoms with Gasteiger partial charge in [-0.25, -0.2) is 17.8 Å². The molecule has 7 rings (SSSR count). The van der Waals surface area contributed by atoms with Gasteiger partial charge in [0.15, 0.2) is 5.82 Å². The molecule has 12 nitrogen and oxygen atoms in total. The molecule has 4 aromatic rings. The smallest absolute Gasteiger partial charge is 0.234 e. The first-order valence-electron chi connectivity index (χ1n) is 16.6. The maximum absolute atomic E-state index is 15.4. The van der Waals surface area contributed by atoms with E-state index in [2.05, 4.69) is 47.9 Å². The van der Waals surface area contributed by atoms with E-state index in [1.165, 1.54) is 24.9 Å². The molecule has 2 amide bonds. The molecule has 266 valence electrons. The molecule has 0 aliphatic carbocycles. The number of carbonyl (C=O) groups excluding carboxylic acids is 2. The van der Waals surface area contributed by atoms with Crippen molar-refractivity contribution in [2.24, 2.45) is 5.41 Å². The van der Waals surface area contributed by atoms with Crippen molar-refractivity contribution in [3.63, 3.8) is 0 Å². The maximum atomic E-state index is 15.4. The Morgan fingerprint density at radius 3 is 2.49 bits per heavy atom. The predicted octanol–water partition coefficient (Wildman–Crippen LogP) is 5.04. The van der Waals surface area contributed by atoms with E-state index in [4.69, 9.17) is 11.6 Å². The van der Waals surface area contributed by atoms with Crippen LogP contribution in [0, 0.1) is 11.2 Å². The van der Waals surface area contributed by atoms with Crippen molar-refractivity contribution in [3.8, 4) is 0 Å². The number of anilines is 6. The molecule has 3 aromatic carbocycles. The van der Waals surface area contributed by atoms with E-state index in [1.54, 1.807) is 36.4 Å². The second-order valence-electron chi connectivity index (χ2n) is 13.6. The Balaban J connectivity index is 0.904. The average molecular weight is 733 g/mol. The Kier molecular flexibility index (Phi) is 9.33. The van der Waals surface area contributed by atoms with E-state index in [-0.39, 0.29) is 45.8 Å². The number of hydrogen-bond donors (Lipinski definition) is 3. The number of para-hydroxylation sites is 2. The number of rotatable bonds is 11. The standard InChI is InChI=1S/C36H38ClFN8O4S/c1-44(51(2,49)50)31-6-4-3-5-29(31)41-33-27(37)18-39-35(43-33)40-25-11-13-30(28(38)17-25)46-21-36(22-46)19-45(20-36)16-15-23-7-9-24(10-8-23)26-12-14-32(47)42-34(26)48/h3-11,13,17-18,26H,12,14-16,19-22H2,1-2H3,(H,42,47,48)(H2,39,40,41,43). The summed E-state index contributed by atoms with van der Waals surface area (Å²) in [6.07, 6.45) is 4.35. The number of amides is 2. The highest BCUT2D eigenvalue weighted by molar-refractivity contribution is 7.92. The van der Waals surface area contributed by atoms with Gasteiger partial charge in [0.05, 0.1) is 35.4 Å². The van der Waals surface area contributed by atoms with Crippen LogP contribution in [0.4, 0.5) is 38.9 Å². The van der Waals surface area contributed by atoms with Crippen LogP contribution in [-0.4, -0.2) is 81.1 Å². The Hall–Kier alpha value is -4.79. The Bertz CT molecular complexity index is 2090. The van der Waals surface area contributed by atoms with Gasteiger partial charge in [-0.2, -0.15) is 4.98 Å². The van der Waals surface area contributed by atoms with Crippen molar-refractivity contribution >= 4 is 68.0 Å². The number of nitrogens with zero attached hydrogens (tertiary/aromatic N) is 5. The van der Waals surface area contributed by atoms with Crippen LogP contribution in [0.25, 0.3) is 0 Å². The first kappa shape index (κ1) is 34.6. The van der Waals surface area contributed by atoms with Crippen molar-refractivity contribution < 1.29 is 22.4 Å². The lowest BCUT2D eigenvalue weighted by Gasteiger charge is -2.61. The third-order valence-corrected chi connectivity index (χ3v) is 11.3. The van der Waals surface area contributed by atoms with Gasteiger partial charge in [0.2, 0.25) is 27.8 Å². The third-order valence-electron chi connectivity index (χ3n) is 9.79. The highest BCUT2D eigenvalue weighted by atomic mass is 35.5. The van der Waals surface area contributed by atoms with Crippen LogP contribution in [0.1, 0.15) is 29.9 Å². The lowest BCUT2D eigenvalue weighted by atomic mass is 9.72. The molecule has 0 saturated carbocycles. The van der Waals surface area contributed by atoms with Gasteiger partial charge in [0.25, 0.3) is 0 Å². The Labute approximate surface area is 301 Å². The summed E-state index contributed by atoms with van der Waals surface area (Å²) in [4.78, 5) is 36.8. The highest BCUT2D eigenvalue weighted by Gasteiger charge is 2.51. The van der Waals surface area contributed by atoms with Gasteiger partial charge < -0.3 is 20.4 Å². The predicted molar refractivity (Wildman–Crippen MR) is 196 cm³/mol. The number of hydrogen-bond acceptors (Lipinski definition) is 10. The van der Waals surface area contributed by atoms with Gasteiger partial charge in [-0.1, -0.05) is 48.0 Å². The van der Waals surface area contributed by atoms with Gasteiger partial charge in [-0.05, 0) is 54.3 Å². The fourth-order valence-corrected chi connectivity index (χ4v) is 7.71. The van der Waals surface area contributed by atoms with E-state index in [0.29, 0.717) is 35.6 Å². The summed E-state index contributed by atoms with van der Waals surface area (Å²) in [6.45, 7) is 4.46. The summed E-state index contributed by atoms with van der Waals surface area (Å²) in [5.74, 6) is -0.603. The largest absolute Gasteiger partial charge is 0.368 e. The van der Waals surface area contributed by atoms with Crippen molar-refractivity contribution in [1.29, 1.82) is 0 Å². The van der Waals surface area contributed by atoms with E-state index < -0.39 is 10.0 Å². The molecule has 51 heavy (non-hydrogen) atoms. The normalized spacial score (nSPS) is 18.5. The Morgan fingerprint density at radius 2 is 1.78 bits per heavy atom. The quantitative estimate of drug-likeness (QED) is 0.180. The van der Waals surface area contributed by atoms with E-state index in [0.717, 1.165) is 55.3 Å². The summed E-state index contributed by atoms with van der Waals surface area (Å²) in [6, 6.07) is 19.9. The fraction of sp³-hybridized carbons (Fsp3) is 0.333. The third kappa shape index (κ3) is 7.48. The number of benzene rings is 3. The average Bonchev–Trinajstić information content (AvgIpc) is 3.05. The van der Waals surface area contributed by atoms with Gasteiger partial charge in [0.1, 0.15) is 10.8 Å². The summed E-state index contributed by atoms with van der Waals surface area (Å²) < 4.78 is 40.8. The minimum Gasteiger partial charge on any atom is -0.368 e. The first-order valence-corrected chi connectivity index (χ1v) is 18.9. The molecule has 1 unspecified atom stereocenters. The number of piperidine rings is 1. The molecular weight excluding hydrogens is 695 g/mol. The molecule has 1 atom stereocenters. The summed E-state index contributed by atoms with van der Waals surface area (Å²) in [5.41, 5.74) is 4.24. The summed E-state index contributed by atoms with van der Waals surface area (Å²) in [5, 5.41) is 8.77. The van der Waals surface area contributed by atoms with Crippen LogP contribution in [0.2, 0.25) is 5.02 Å². The second-order valence-corrected chi connectivity index (χ2v) is 16.0. The number of likely N-dealkylation sites (tertiary alicyclic amines) is 1. The lowest BCUT2D eigenvalue weighted by Crippen LogP contribution is -2.72. The van der Waals surface area contributed by atoms with Gasteiger partial charge in [-0.3, -0.25) is 19.2 Å². The van der Waals surface area contributed by atoms with E-state index in [9.17, 15) is 18.0 Å². The fourth-order valence-electron chi connectivity index (χ4n) is 7.06. The van der Waals surface area contributed by atoms with Crippen molar-refractivity contribution in [3.05, 3.63) is 94.9 Å².